The lowest BCUT2D eigenvalue weighted by Crippen LogP contribution is -2.46. The molecule has 2 heterocycles. The number of rotatable bonds is 7. The van der Waals surface area contributed by atoms with Crippen molar-refractivity contribution in [2.75, 3.05) is 48.3 Å². The molecule has 1 fully saturated rings. The third-order valence-corrected chi connectivity index (χ3v) is 6.50. The van der Waals surface area contributed by atoms with Crippen molar-refractivity contribution < 1.29 is 14.0 Å². The topological polar surface area (TPSA) is 77.6 Å². The maximum Gasteiger partial charge on any atom is 0.224 e. The second kappa shape index (κ2) is 11.0. The number of benzene rings is 2. The van der Waals surface area contributed by atoms with Crippen LogP contribution in [-0.2, 0) is 9.59 Å². The number of amides is 2. The molecule has 0 radical (unpaired) electrons. The number of nitrogens with one attached hydrogen (secondary N) is 2. The molecule has 2 amide bonds. The Bertz CT molecular complexity index is 1240. The second-order valence-electron chi connectivity index (χ2n) is 8.68. The van der Waals surface area contributed by atoms with E-state index < -0.39 is 5.82 Å². The number of fused-ring (bicyclic) bond motifs is 1. The fraction of sp³-hybridized carbons (Fsp3) is 0.346. The number of carbonyl (C=O) groups is 2. The zero-order chi connectivity index (χ0) is 24.9. The van der Waals surface area contributed by atoms with Crippen molar-refractivity contribution in [3.63, 3.8) is 0 Å². The quantitative estimate of drug-likeness (QED) is 0.488. The molecule has 0 bridgehead atoms. The lowest BCUT2D eigenvalue weighted by atomic mass is 10.1. The maximum absolute atomic E-state index is 13.2. The van der Waals surface area contributed by atoms with Crippen molar-refractivity contribution in [2.24, 2.45) is 0 Å². The van der Waals surface area contributed by atoms with Gasteiger partial charge in [0.25, 0.3) is 0 Å². The van der Waals surface area contributed by atoms with Crippen molar-refractivity contribution in [1.29, 1.82) is 0 Å². The van der Waals surface area contributed by atoms with E-state index in [9.17, 15) is 14.0 Å². The Labute approximate surface area is 209 Å². The molecule has 0 aliphatic carbocycles. The predicted octanol–water partition coefficient (Wildman–Crippen LogP) is 4.84. The summed E-state index contributed by atoms with van der Waals surface area (Å²) in [6, 6.07) is 11.7. The minimum absolute atomic E-state index is 0.0103. The van der Waals surface area contributed by atoms with Crippen LogP contribution in [0.15, 0.2) is 42.5 Å². The molecule has 1 aliphatic heterocycles. The summed E-state index contributed by atoms with van der Waals surface area (Å²) < 4.78 is 13.2. The van der Waals surface area contributed by atoms with Gasteiger partial charge in [0.05, 0.1) is 10.5 Å². The van der Waals surface area contributed by atoms with E-state index in [1.54, 1.807) is 0 Å². The van der Waals surface area contributed by atoms with Gasteiger partial charge in [0.2, 0.25) is 11.8 Å². The number of pyridine rings is 1. The third-order valence-electron chi connectivity index (χ3n) is 6.21. The van der Waals surface area contributed by atoms with Crippen molar-refractivity contribution in [1.82, 2.24) is 9.88 Å². The van der Waals surface area contributed by atoms with Gasteiger partial charge in [0.15, 0.2) is 0 Å². The highest BCUT2D eigenvalue weighted by Gasteiger charge is 2.18. The first-order valence-electron chi connectivity index (χ1n) is 11.8. The summed E-state index contributed by atoms with van der Waals surface area (Å²) in [7, 11) is 0. The van der Waals surface area contributed by atoms with Crippen LogP contribution in [0, 0.1) is 12.7 Å². The Morgan fingerprint density at radius 1 is 0.971 bits per heavy atom. The first kappa shape index (κ1) is 24.9. The summed E-state index contributed by atoms with van der Waals surface area (Å²) in [6.45, 7) is 9.30. The van der Waals surface area contributed by atoms with E-state index in [0.29, 0.717) is 11.4 Å². The van der Waals surface area contributed by atoms with Crippen molar-refractivity contribution in [3.8, 4) is 0 Å². The molecular weight excluding hydrogens is 469 g/mol. The van der Waals surface area contributed by atoms with Crippen LogP contribution in [0.4, 0.5) is 21.6 Å². The number of piperazine rings is 1. The Morgan fingerprint density at radius 3 is 2.23 bits per heavy atom. The molecule has 0 atom stereocenters. The number of hydrogen-bond donors (Lipinski definition) is 2. The summed E-state index contributed by atoms with van der Waals surface area (Å²) in [5.74, 6) is -0.201. The number of nitrogens with zero attached hydrogens (tertiary/aromatic N) is 3. The number of aromatic nitrogens is 1. The minimum atomic E-state index is -0.559. The fourth-order valence-electron chi connectivity index (χ4n) is 4.16. The molecule has 35 heavy (non-hydrogen) atoms. The second-order valence-corrected chi connectivity index (χ2v) is 9.08. The van der Waals surface area contributed by atoms with Crippen LogP contribution >= 0.6 is 11.6 Å². The SMILES string of the molecule is CCN1CCN(c2cc(C)c3cc(NC(=O)CCC(=O)Nc4ccc(F)c(Cl)c4)ccc3n2)CC1. The largest absolute Gasteiger partial charge is 0.354 e. The monoisotopic (exact) mass is 497 g/mol. The van der Waals surface area contributed by atoms with Gasteiger partial charge in [-0.3, -0.25) is 9.59 Å². The first-order chi connectivity index (χ1) is 16.8. The smallest absolute Gasteiger partial charge is 0.224 e. The van der Waals surface area contributed by atoms with Crippen LogP contribution < -0.4 is 15.5 Å². The van der Waals surface area contributed by atoms with E-state index in [4.69, 9.17) is 16.6 Å². The van der Waals surface area contributed by atoms with Gasteiger partial charge >= 0.3 is 0 Å². The zero-order valence-corrected chi connectivity index (χ0v) is 20.7. The summed E-state index contributed by atoms with van der Waals surface area (Å²) in [5, 5.41) is 6.37. The average Bonchev–Trinajstić information content (AvgIpc) is 2.85. The van der Waals surface area contributed by atoms with Crippen LogP contribution in [-0.4, -0.2) is 54.4 Å². The molecule has 0 unspecified atom stereocenters. The molecule has 7 nitrogen and oxygen atoms in total. The summed E-state index contributed by atoms with van der Waals surface area (Å²) in [5.41, 5.74) is 3.01. The van der Waals surface area contributed by atoms with E-state index >= 15 is 0 Å². The molecule has 0 saturated carbocycles. The van der Waals surface area contributed by atoms with Gasteiger partial charge in [0, 0.05) is 55.8 Å². The van der Waals surface area contributed by atoms with Crippen LogP contribution in [0.3, 0.4) is 0 Å². The van der Waals surface area contributed by atoms with Crippen LogP contribution in [0.25, 0.3) is 10.9 Å². The number of halogens is 2. The van der Waals surface area contributed by atoms with E-state index in [2.05, 4.69) is 33.4 Å². The van der Waals surface area contributed by atoms with Crippen molar-refractivity contribution in [2.45, 2.75) is 26.7 Å². The highest BCUT2D eigenvalue weighted by Crippen LogP contribution is 2.26. The molecule has 1 saturated heterocycles. The standard InChI is InChI=1S/C26H29ClFN5O2/c1-3-32-10-12-33(13-11-32)24-14-17(2)20-15-18(5-7-23(20)31-24)29-25(34)8-9-26(35)30-19-4-6-22(28)21(27)16-19/h4-7,14-16H,3,8-13H2,1-2H3,(H,29,34)(H,30,35). The molecule has 3 aromatic rings. The Morgan fingerprint density at radius 2 is 1.60 bits per heavy atom. The van der Waals surface area contributed by atoms with Gasteiger partial charge in [0.1, 0.15) is 11.6 Å². The molecule has 0 spiro atoms. The van der Waals surface area contributed by atoms with E-state index in [1.807, 2.05) is 25.1 Å². The Hall–Kier alpha value is -3.23. The summed E-state index contributed by atoms with van der Waals surface area (Å²) in [4.78, 5) is 34.2. The lowest BCUT2D eigenvalue weighted by Gasteiger charge is -2.35. The first-order valence-corrected chi connectivity index (χ1v) is 12.1. The molecule has 1 aromatic heterocycles. The number of aryl methyl sites for hydroxylation is 1. The molecule has 184 valence electrons. The predicted molar refractivity (Wildman–Crippen MR) is 139 cm³/mol. The normalized spacial score (nSPS) is 14.2. The lowest BCUT2D eigenvalue weighted by molar-refractivity contribution is -0.121. The Kier molecular flexibility index (Phi) is 7.83. The van der Waals surface area contributed by atoms with Gasteiger partial charge < -0.3 is 20.4 Å². The van der Waals surface area contributed by atoms with Gasteiger partial charge in [-0.2, -0.15) is 0 Å². The van der Waals surface area contributed by atoms with Gasteiger partial charge in [-0.05, 0) is 61.5 Å². The fourth-order valence-corrected chi connectivity index (χ4v) is 4.34. The van der Waals surface area contributed by atoms with E-state index in [0.717, 1.165) is 55.0 Å². The van der Waals surface area contributed by atoms with Crippen LogP contribution in [0.1, 0.15) is 25.3 Å². The number of carbonyl (C=O) groups excluding carboxylic acids is 2. The van der Waals surface area contributed by atoms with Crippen LogP contribution in [0.5, 0.6) is 0 Å². The summed E-state index contributed by atoms with van der Waals surface area (Å²) in [6.07, 6.45) is 0.00233. The minimum Gasteiger partial charge on any atom is -0.354 e. The van der Waals surface area contributed by atoms with Gasteiger partial charge in [-0.15, -0.1) is 0 Å². The van der Waals surface area contributed by atoms with Gasteiger partial charge in [-0.25, -0.2) is 9.37 Å². The third kappa shape index (κ3) is 6.26. The number of hydrogen-bond acceptors (Lipinski definition) is 5. The number of anilines is 3. The highest BCUT2D eigenvalue weighted by molar-refractivity contribution is 6.31. The van der Waals surface area contributed by atoms with Crippen molar-refractivity contribution >= 4 is 51.5 Å². The maximum atomic E-state index is 13.2. The average molecular weight is 498 g/mol. The van der Waals surface area contributed by atoms with E-state index in [-0.39, 0.29) is 29.7 Å². The molecule has 1 aliphatic rings. The molecule has 9 heteroatoms. The Balaban J connectivity index is 1.34. The molecule has 2 aromatic carbocycles. The van der Waals surface area contributed by atoms with Crippen LogP contribution in [0.2, 0.25) is 5.02 Å². The van der Waals surface area contributed by atoms with E-state index in [1.165, 1.54) is 18.2 Å². The molecule has 4 rings (SSSR count). The summed E-state index contributed by atoms with van der Waals surface area (Å²) >= 11 is 5.73. The number of likely N-dealkylation sites (N-methyl/N-ethyl adjacent to an activating group) is 1. The zero-order valence-electron chi connectivity index (χ0n) is 19.9. The van der Waals surface area contributed by atoms with Crippen molar-refractivity contribution in [3.05, 3.63) is 58.9 Å². The highest BCUT2D eigenvalue weighted by atomic mass is 35.5. The van der Waals surface area contributed by atoms with Gasteiger partial charge in [-0.1, -0.05) is 18.5 Å². The molecule has 2 N–H and O–H groups in total. The molecular formula is C26H29ClFN5O2.